The van der Waals surface area contributed by atoms with E-state index >= 15 is 0 Å². The summed E-state index contributed by atoms with van der Waals surface area (Å²) in [5.41, 5.74) is -0.701. The molecule has 1 saturated heterocycles. The van der Waals surface area contributed by atoms with Crippen molar-refractivity contribution in [2.24, 2.45) is 11.3 Å². The minimum absolute atomic E-state index is 0.0705. The molecule has 20 heavy (non-hydrogen) atoms. The first-order valence-electron chi connectivity index (χ1n) is 8.03. The molecule has 0 spiro atoms. The molecule has 4 heteroatoms. The SMILES string of the molecule is CCCCC(CC)C(=O)N1CCC(CCC)(C(=O)O)C1. The maximum absolute atomic E-state index is 12.5. The molecule has 1 amide bonds. The van der Waals surface area contributed by atoms with E-state index in [1.807, 2.05) is 13.8 Å². The average molecular weight is 283 g/mol. The summed E-state index contributed by atoms with van der Waals surface area (Å²) in [5, 5.41) is 9.49. The number of amides is 1. The Morgan fingerprint density at radius 3 is 2.45 bits per heavy atom. The predicted molar refractivity (Wildman–Crippen MR) is 79.5 cm³/mol. The molecule has 0 saturated carbocycles. The number of unbranched alkanes of at least 4 members (excludes halogenated alkanes) is 1. The Balaban J connectivity index is 2.69. The summed E-state index contributed by atoms with van der Waals surface area (Å²) in [6, 6.07) is 0. The van der Waals surface area contributed by atoms with Crippen LogP contribution in [-0.2, 0) is 9.59 Å². The third kappa shape index (κ3) is 3.74. The lowest BCUT2D eigenvalue weighted by atomic mass is 9.82. The first-order valence-corrected chi connectivity index (χ1v) is 8.03. The van der Waals surface area contributed by atoms with Crippen LogP contribution < -0.4 is 0 Å². The molecule has 0 aliphatic carbocycles. The van der Waals surface area contributed by atoms with E-state index in [1.54, 1.807) is 4.90 Å². The summed E-state index contributed by atoms with van der Waals surface area (Å²) in [7, 11) is 0. The van der Waals surface area contributed by atoms with Gasteiger partial charge in [-0.2, -0.15) is 0 Å². The molecule has 0 aromatic carbocycles. The number of hydrogen-bond donors (Lipinski definition) is 1. The van der Waals surface area contributed by atoms with Gasteiger partial charge in [-0.05, 0) is 25.7 Å². The van der Waals surface area contributed by atoms with Gasteiger partial charge in [0, 0.05) is 19.0 Å². The number of hydrogen-bond acceptors (Lipinski definition) is 2. The van der Waals surface area contributed by atoms with E-state index in [2.05, 4.69) is 6.92 Å². The third-order valence-corrected chi connectivity index (χ3v) is 4.60. The molecule has 0 bridgehead atoms. The van der Waals surface area contributed by atoms with Crippen LogP contribution in [0.5, 0.6) is 0 Å². The van der Waals surface area contributed by atoms with Crippen LogP contribution in [0.25, 0.3) is 0 Å². The fraction of sp³-hybridized carbons (Fsp3) is 0.875. The van der Waals surface area contributed by atoms with Gasteiger partial charge in [0.05, 0.1) is 5.41 Å². The molecule has 1 heterocycles. The van der Waals surface area contributed by atoms with E-state index < -0.39 is 11.4 Å². The number of rotatable bonds is 8. The quantitative estimate of drug-likeness (QED) is 0.743. The number of aliphatic carboxylic acids is 1. The second-order valence-electron chi connectivity index (χ2n) is 6.09. The fourth-order valence-corrected chi connectivity index (χ4v) is 3.24. The van der Waals surface area contributed by atoms with Gasteiger partial charge >= 0.3 is 5.97 Å². The van der Waals surface area contributed by atoms with Gasteiger partial charge in [0.1, 0.15) is 0 Å². The maximum atomic E-state index is 12.5. The number of likely N-dealkylation sites (tertiary alicyclic amines) is 1. The molecule has 1 rings (SSSR count). The topological polar surface area (TPSA) is 57.6 Å². The van der Waals surface area contributed by atoms with Crippen LogP contribution >= 0.6 is 0 Å². The number of carbonyl (C=O) groups is 2. The van der Waals surface area contributed by atoms with Crippen LogP contribution in [0.15, 0.2) is 0 Å². The molecule has 116 valence electrons. The van der Waals surface area contributed by atoms with Crippen molar-refractivity contribution in [1.82, 2.24) is 4.90 Å². The Hall–Kier alpha value is -1.06. The van der Waals surface area contributed by atoms with Crippen LogP contribution in [0.3, 0.4) is 0 Å². The Bertz CT molecular complexity index is 343. The minimum Gasteiger partial charge on any atom is -0.481 e. The number of carboxylic acids is 1. The van der Waals surface area contributed by atoms with E-state index in [0.29, 0.717) is 25.9 Å². The van der Waals surface area contributed by atoms with E-state index in [1.165, 1.54) is 0 Å². The second kappa shape index (κ2) is 7.65. The Morgan fingerprint density at radius 2 is 1.95 bits per heavy atom. The number of nitrogens with zero attached hydrogens (tertiary/aromatic N) is 1. The van der Waals surface area contributed by atoms with E-state index in [9.17, 15) is 14.7 Å². The van der Waals surface area contributed by atoms with Gasteiger partial charge in [-0.25, -0.2) is 0 Å². The molecule has 4 nitrogen and oxygen atoms in total. The first-order chi connectivity index (χ1) is 9.50. The predicted octanol–water partition coefficient (Wildman–Crippen LogP) is 3.31. The Kier molecular flexibility index (Phi) is 6.50. The molecule has 0 aromatic rings. The smallest absolute Gasteiger partial charge is 0.311 e. The zero-order chi connectivity index (χ0) is 15.2. The highest BCUT2D eigenvalue weighted by molar-refractivity contribution is 5.82. The first kappa shape index (κ1) is 17.0. The van der Waals surface area contributed by atoms with Crippen LogP contribution in [0.4, 0.5) is 0 Å². The summed E-state index contributed by atoms with van der Waals surface area (Å²) in [6.45, 7) is 7.19. The maximum Gasteiger partial charge on any atom is 0.311 e. The Labute approximate surface area is 122 Å². The molecule has 0 aromatic heterocycles. The van der Waals surface area contributed by atoms with Crippen LogP contribution in [0, 0.1) is 11.3 Å². The highest BCUT2D eigenvalue weighted by Crippen LogP contribution is 2.36. The molecular weight excluding hydrogens is 254 g/mol. The van der Waals surface area contributed by atoms with Crippen molar-refractivity contribution in [3.05, 3.63) is 0 Å². The summed E-state index contributed by atoms with van der Waals surface area (Å²) in [6.07, 6.45) is 6.06. The average Bonchev–Trinajstić information content (AvgIpc) is 2.85. The van der Waals surface area contributed by atoms with E-state index in [4.69, 9.17) is 0 Å². The standard InChI is InChI=1S/C16H29NO3/c1-4-7-8-13(6-3)14(18)17-11-10-16(12-17,9-5-2)15(19)20/h13H,4-12H2,1-3H3,(H,19,20). The van der Waals surface area contributed by atoms with Gasteiger partial charge in [-0.15, -0.1) is 0 Å². The lowest BCUT2D eigenvalue weighted by Gasteiger charge is -2.26. The third-order valence-electron chi connectivity index (χ3n) is 4.60. The van der Waals surface area contributed by atoms with Gasteiger partial charge in [0.25, 0.3) is 0 Å². The fourth-order valence-electron chi connectivity index (χ4n) is 3.24. The zero-order valence-corrected chi connectivity index (χ0v) is 13.2. The van der Waals surface area contributed by atoms with Gasteiger partial charge in [0.15, 0.2) is 0 Å². The van der Waals surface area contributed by atoms with Crippen LogP contribution in [0.1, 0.15) is 65.7 Å². The Morgan fingerprint density at radius 1 is 1.25 bits per heavy atom. The summed E-state index contributed by atoms with van der Waals surface area (Å²) >= 11 is 0. The summed E-state index contributed by atoms with van der Waals surface area (Å²) in [4.78, 5) is 25.9. The van der Waals surface area contributed by atoms with Gasteiger partial charge in [-0.1, -0.05) is 40.0 Å². The van der Waals surface area contributed by atoms with Crippen molar-refractivity contribution < 1.29 is 14.7 Å². The van der Waals surface area contributed by atoms with Crippen molar-refractivity contribution in [3.63, 3.8) is 0 Å². The van der Waals surface area contributed by atoms with E-state index in [0.717, 1.165) is 32.1 Å². The second-order valence-corrected chi connectivity index (χ2v) is 6.09. The van der Waals surface area contributed by atoms with Gasteiger partial charge in [-0.3, -0.25) is 9.59 Å². The lowest BCUT2D eigenvalue weighted by Crippen LogP contribution is -2.39. The number of carbonyl (C=O) groups excluding carboxylic acids is 1. The van der Waals surface area contributed by atoms with Crippen molar-refractivity contribution in [3.8, 4) is 0 Å². The monoisotopic (exact) mass is 283 g/mol. The highest BCUT2D eigenvalue weighted by atomic mass is 16.4. The largest absolute Gasteiger partial charge is 0.481 e. The molecular formula is C16H29NO3. The minimum atomic E-state index is -0.740. The molecule has 1 fully saturated rings. The van der Waals surface area contributed by atoms with Crippen molar-refractivity contribution in [1.29, 1.82) is 0 Å². The van der Waals surface area contributed by atoms with Crippen LogP contribution in [0.2, 0.25) is 0 Å². The molecule has 1 aliphatic heterocycles. The van der Waals surface area contributed by atoms with Gasteiger partial charge < -0.3 is 10.0 Å². The molecule has 1 N–H and O–H groups in total. The summed E-state index contributed by atoms with van der Waals surface area (Å²) < 4.78 is 0. The number of carboxylic acid groups (broad SMARTS) is 1. The molecule has 0 radical (unpaired) electrons. The van der Waals surface area contributed by atoms with Crippen molar-refractivity contribution in [2.45, 2.75) is 65.7 Å². The van der Waals surface area contributed by atoms with Crippen molar-refractivity contribution >= 4 is 11.9 Å². The van der Waals surface area contributed by atoms with Crippen molar-refractivity contribution in [2.75, 3.05) is 13.1 Å². The zero-order valence-electron chi connectivity index (χ0n) is 13.2. The van der Waals surface area contributed by atoms with Gasteiger partial charge in [0.2, 0.25) is 5.91 Å². The summed E-state index contributed by atoms with van der Waals surface area (Å²) in [5.74, 6) is -0.502. The molecule has 2 unspecified atom stereocenters. The van der Waals surface area contributed by atoms with Crippen LogP contribution in [-0.4, -0.2) is 35.0 Å². The highest BCUT2D eigenvalue weighted by Gasteiger charge is 2.45. The van der Waals surface area contributed by atoms with E-state index in [-0.39, 0.29) is 11.8 Å². The normalized spacial score (nSPS) is 23.9. The molecule has 1 aliphatic rings. The lowest BCUT2D eigenvalue weighted by molar-refractivity contribution is -0.149. The molecule has 2 atom stereocenters.